The molecule has 2 aliphatic heterocycles. The van der Waals surface area contributed by atoms with E-state index in [4.69, 9.17) is 15.2 Å². The number of hydrogen-bond acceptors (Lipinski definition) is 6. The van der Waals surface area contributed by atoms with Crippen molar-refractivity contribution in [3.05, 3.63) is 54.1 Å². The second-order valence-electron chi connectivity index (χ2n) is 6.58. The van der Waals surface area contributed by atoms with Crippen LogP contribution in [-0.2, 0) is 4.79 Å². The summed E-state index contributed by atoms with van der Waals surface area (Å²) in [5.41, 5.74) is 9.30. The lowest BCUT2D eigenvalue weighted by Gasteiger charge is -2.25. The first-order valence-corrected chi connectivity index (χ1v) is 8.76. The molecule has 7 heteroatoms. The number of ether oxygens (including phenoxy) is 2. The summed E-state index contributed by atoms with van der Waals surface area (Å²) in [6, 6.07) is 12.8. The van der Waals surface area contributed by atoms with Gasteiger partial charge in [-0.05, 0) is 24.3 Å². The first kappa shape index (κ1) is 15.7. The van der Waals surface area contributed by atoms with Crippen LogP contribution in [-0.4, -0.2) is 35.5 Å². The van der Waals surface area contributed by atoms with E-state index in [1.807, 2.05) is 47.4 Å². The van der Waals surface area contributed by atoms with Gasteiger partial charge in [-0.15, -0.1) is 0 Å². The number of hydrogen-bond donors (Lipinski definition) is 2. The van der Waals surface area contributed by atoms with E-state index in [1.54, 1.807) is 7.11 Å². The van der Waals surface area contributed by atoms with Crippen molar-refractivity contribution < 1.29 is 14.3 Å². The third-order valence-electron chi connectivity index (χ3n) is 5.08. The molecule has 7 nitrogen and oxygen atoms in total. The zero-order valence-corrected chi connectivity index (χ0v) is 14.7. The molecule has 5 rings (SSSR count). The minimum atomic E-state index is -0.415. The highest BCUT2D eigenvalue weighted by molar-refractivity contribution is 6.28. The molecule has 0 spiro atoms. The molecule has 0 saturated heterocycles. The molecular weight excluding hydrogens is 344 g/mol. The number of ketones is 1. The highest BCUT2D eigenvalue weighted by Gasteiger charge is 2.43. The number of aromatic nitrogens is 2. The third kappa shape index (κ3) is 2.28. The topological polar surface area (TPSA) is 93.5 Å². The number of nitrogens with zero attached hydrogens (tertiary/aromatic N) is 2. The quantitative estimate of drug-likeness (QED) is 0.727. The molecule has 3 N–H and O–H groups in total. The number of benzene rings is 2. The third-order valence-corrected chi connectivity index (χ3v) is 5.08. The maximum atomic E-state index is 13.2. The van der Waals surface area contributed by atoms with Crippen LogP contribution in [0.3, 0.4) is 0 Å². The van der Waals surface area contributed by atoms with Crippen molar-refractivity contribution in [3.8, 4) is 11.5 Å². The molecule has 0 saturated carbocycles. The lowest BCUT2D eigenvalue weighted by molar-refractivity contribution is -0.114. The number of anilines is 1. The second kappa shape index (κ2) is 5.77. The number of carbonyl (C=O) groups is 1. The van der Waals surface area contributed by atoms with E-state index in [0.29, 0.717) is 41.7 Å². The normalized spacial score (nSPS) is 18.9. The fraction of sp³-hybridized carbons (Fsp3) is 0.200. The lowest BCUT2D eigenvalue weighted by Crippen LogP contribution is -2.36. The molecule has 1 aromatic heterocycles. The van der Waals surface area contributed by atoms with Gasteiger partial charge in [0.2, 0.25) is 0 Å². The molecule has 3 aromatic rings. The molecule has 0 bridgehead atoms. The van der Waals surface area contributed by atoms with E-state index in [-0.39, 0.29) is 5.78 Å². The summed E-state index contributed by atoms with van der Waals surface area (Å²) in [4.78, 5) is 22.8. The van der Waals surface area contributed by atoms with Gasteiger partial charge in [-0.3, -0.25) is 4.79 Å². The van der Waals surface area contributed by atoms with Crippen LogP contribution >= 0.6 is 0 Å². The van der Waals surface area contributed by atoms with Crippen LogP contribution in [0.4, 0.5) is 5.69 Å². The fourth-order valence-electron chi connectivity index (χ4n) is 3.78. The van der Waals surface area contributed by atoms with Gasteiger partial charge in [-0.1, -0.05) is 12.1 Å². The molecule has 0 aliphatic carbocycles. The zero-order valence-electron chi connectivity index (χ0n) is 14.7. The van der Waals surface area contributed by atoms with E-state index in [1.165, 1.54) is 0 Å². The van der Waals surface area contributed by atoms with E-state index in [2.05, 4.69) is 9.97 Å². The first-order valence-electron chi connectivity index (χ1n) is 8.76. The predicted molar refractivity (Wildman–Crippen MR) is 102 cm³/mol. The number of nitrogens with one attached hydrogen (secondary N) is 1. The van der Waals surface area contributed by atoms with Crippen LogP contribution in [0, 0.1) is 0 Å². The van der Waals surface area contributed by atoms with Crippen LogP contribution in [0.15, 0.2) is 48.3 Å². The highest BCUT2D eigenvalue weighted by Crippen LogP contribution is 2.43. The second-order valence-corrected chi connectivity index (χ2v) is 6.58. The van der Waals surface area contributed by atoms with Gasteiger partial charge in [0.25, 0.3) is 0 Å². The van der Waals surface area contributed by atoms with Gasteiger partial charge < -0.3 is 25.1 Å². The summed E-state index contributed by atoms with van der Waals surface area (Å²) >= 11 is 0. The van der Waals surface area contributed by atoms with E-state index in [0.717, 1.165) is 16.7 Å². The first-order chi connectivity index (χ1) is 13.2. The van der Waals surface area contributed by atoms with Crippen molar-refractivity contribution in [2.24, 2.45) is 5.73 Å². The lowest BCUT2D eigenvalue weighted by atomic mass is 10.1. The predicted octanol–water partition coefficient (Wildman–Crippen LogP) is 2.44. The standard InChI is InChI=1S/C20H18N4O3/c1-26-11-6-7-16-15(10-11)24-14(8-9-27-16)18(25)17(19(24)21)20-22-12-4-2-3-5-13(12)23-20/h2-7,10,14H,8-9,21H2,1H3,(H,22,23). The van der Waals surface area contributed by atoms with E-state index < -0.39 is 6.04 Å². The Morgan fingerprint density at radius 2 is 2.15 bits per heavy atom. The Labute approximate surface area is 155 Å². The number of Topliss-reactive ketones (excluding diaryl/α,β-unsaturated/α-hetero) is 1. The molecule has 2 aliphatic rings. The van der Waals surface area contributed by atoms with E-state index >= 15 is 0 Å². The van der Waals surface area contributed by atoms with E-state index in [9.17, 15) is 4.79 Å². The highest BCUT2D eigenvalue weighted by atomic mass is 16.5. The number of para-hydroxylation sites is 2. The van der Waals surface area contributed by atoms with Gasteiger partial charge in [0.1, 0.15) is 34.8 Å². The number of carbonyl (C=O) groups excluding carboxylic acids is 1. The molecule has 1 unspecified atom stereocenters. The van der Waals surface area contributed by atoms with Gasteiger partial charge in [0, 0.05) is 12.5 Å². The molecule has 0 radical (unpaired) electrons. The van der Waals surface area contributed by atoms with Crippen molar-refractivity contribution >= 4 is 28.1 Å². The van der Waals surface area contributed by atoms with Crippen molar-refractivity contribution in [3.63, 3.8) is 0 Å². The summed E-state index contributed by atoms with van der Waals surface area (Å²) in [6.45, 7) is 0.437. The number of methoxy groups -OCH3 is 1. The smallest absolute Gasteiger partial charge is 0.193 e. The summed E-state index contributed by atoms with van der Waals surface area (Å²) in [5, 5.41) is 0. The van der Waals surface area contributed by atoms with Crippen molar-refractivity contribution in [2.45, 2.75) is 12.5 Å². The maximum Gasteiger partial charge on any atom is 0.193 e. The average Bonchev–Trinajstić information content (AvgIpc) is 3.13. The minimum Gasteiger partial charge on any atom is -0.497 e. The summed E-state index contributed by atoms with van der Waals surface area (Å²) in [5.74, 6) is 2.18. The van der Waals surface area contributed by atoms with Crippen LogP contribution in [0.25, 0.3) is 16.6 Å². The molecular formula is C20H18N4O3. The Bertz CT molecular complexity index is 1070. The number of H-pyrrole nitrogens is 1. The molecule has 27 heavy (non-hydrogen) atoms. The number of aromatic amines is 1. The number of rotatable bonds is 2. The molecule has 2 aromatic carbocycles. The Kier molecular flexibility index (Phi) is 3.36. The SMILES string of the molecule is COc1ccc2c(c1)N1C(N)=C(c3nc4ccccc4[nH]3)C(=O)C1CCO2. The largest absolute Gasteiger partial charge is 0.497 e. The van der Waals surface area contributed by atoms with Crippen LogP contribution in [0.5, 0.6) is 11.5 Å². The maximum absolute atomic E-state index is 13.2. The van der Waals surface area contributed by atoms with Crippen molar-refractivity contribution in [1.29, 1.82) is 0 Å². The van der Waals surface area contributed by atoms with Crippen LogP contribution < -0.4 is 20.1 Å². The Morgan fingerprint density at radius 3 is 2.96 bits per heavy atom. The monoisotopic (exact) mass is 362 g/mol. The van der Waals surface area contributed by atoms with Crippen LogP contribution in [0.2, 0.25) is 0 Å². The Balaban J connectivity index is 1.68. The Morgan fingerprint density at radius 1 is 1.30 bits per heavy atom. The number of nitrogens with two attached hydrogens (primary N) is 1. The number of fused-ring (bicyclic) bond motifs is 4. The molecule has 0 fully saturated rings. The minimum absolute atomic E-state index is 0.0502. The summed E-state index contributed by atoms with van der Waals surface area (Å²) < 4.78 is 11.2. The van der Waals surface area contributed by atoms with Gasteiger partial charge in [0.05, 0.1) is 30.4 Å². The zero-order chi connectivity index (χ0) is 18.5. The van der Waals surface area contributed by atoms with Gasteiger partial charge in [-0.25, -0.2) is 4.98 Å². The average molecular weight is 362 g/mol. The molecule has 1 atom stereocenters. The summed E-state index contributed by atoms with van der Waals surface area (Å²) in [6.07, 6.45) is 0.542. The Hall–Kier alpha value is -3.48. The molecule has 136 valence electrons. The molecule has 0 amide bonds. The molecule has 3 heterocycles. The van der Waals surface area contributed by atoms with Crippen molar-refractivity contribution in [1.82, 2.24) is 9.97 Å². The van der Waals surface area contributed by atoms with Gasteiger partial charge in [0.15, 0.2) is 5.78 Å². The van der Waals surface area contributed by atoms with Crippen LogP contribution in [0.1, 0.15) is 12.2 Å². The van der Waals surface area contributed by atoms with Gasteiger partial charge >= 0.3 is 0 Å². The summed E-state index contributed by atoms with van der Waals surface area (Å²) in [7, 11) is 1.60. The van der Waals surface area contributed by atoms with Crippen molar-refractivity contribution in [2.75, 3.05) is 18.6 Å². The van der Waals surface area contributed by atoms with Gasteiger partial charge in [-0.2, -0.15) is 0 Å². The fourth-order valence-corrected chi connectivity index (χ4v) is 3.78. The number of imidazole rings is 1.